The SMILES string of the molecule is O=C1c2ccccc2C=C(Cl)Cc2ccccc21. The van der Waals surface area contributed by atoms with Gasteiger partial charge in [-0.1, -0.05) is 60.1 Å². The predicted molar refractivity (Wildman–Crippen MR) is 73.9 cm³/mol. The molecule has 2 aromatic carbocycles. The van der Waals surface area contributed by atoms with Crippen LogP contribution < -0.4 is 0 Å². The van der Waals surface area contributed by atoms with Crippen LogP contribution in [0.4, 0.5) is 0 Å². The number of fused-ring (bicyclic) bond motifs is 2. The van der Waals surface area contributed by atoms with Crippen LogP contribution in [0.5, 0.6) is 0 Å². The summed E-state index contributed by atoms with van der Waals surface area (Å²) in [6.07, 6.45) is 2.49. The lowest BCUT2D eigenvalue weighted by Crippen LogP contribution is -2.09. The van der Waals surface area contributed by atoms with Crippen LogP contribution in [0.25, 0.3) is 6.08 Å². The van der Waals surface area contributed by atoms with Crippen LogP contribution >= 0.6 is 11.6 Å². The monoisotopic (exact) mass is 254 g/mol. The molecule has 0 amide bonds. The molecular weight excluding hydrogens is 244 g/mol. The Labute approximate surface area is 111 Å². The number of halogens is 1. The van der Waals surface area contributed by atoms with E-state index in [0.29, 0.717) is 12.0 Å². The molecule has 1 aliphatic rings. The second-order valence-electron chi connectivity index (χ2n) is 4.34. The summed E-state index contributed by atoms with van der Waals surface area (Å²) >= 11 is 6.25. The third-order valence-corrected chi connectivity index (χ3v) is 3.38. The van der Waals surface area contributed by atoms with Crippen molar-refractivity contribution < 1.29 is 4.79 Å². The average molecular weight is 255 g/mol. The molecule has 0 saturated heterocycles. The van der Waals surface area contributed by atoms with Gasteiger partial charge in [0.1, 0.15) is 0 Å². The van der Waals surface area contributed by atoms with Crippen molar-refractivity contribution in [2.75, 3.05) is 0 Å². The Morgan fingerprint density at radius 1 is 0.889 bits per heavy atom. The van der Waals surface area contributed by atoms with Gasteiger partial charge >= 0.3 is 0 Å². The van der Waals surface area contributed by atoms with Gasteiger partial charge in [-0.05, 0) is 17.2 Å². The number of rotatable bonds is 0. The van der Waals surface area contributed by atoms with Crippen molar-refractivity contribution in [1.82, 2.24) is 0 Å². The third-order valence-electron chi connectivity index (χ3n) is 3.14. The van der Waals surface area contributed by atoms with Gasteiger partial charge in [-0.25, -0.2) is 0 Å². The standard InChI is InChI=1S/C16H11ClO/c17-13-9-11-5-1-3-7-14(11)16(18)15-8-4-2-6-12(15)10-13/h1-9H,10H2. The highest BCUT2D eigenvalue weighted by Crippen LogP contribution is 2.26. The molecule has 0 saturated carbocycles. The van der Waals surface area contributed by atoms with Gasteiger partial charge in [0.15, 0.2) is 5.78 Å². The molecule has 2 heteroatoms. The van der Waals surface area contributed by atoms with Crippen LogP contribution in [0, 0.1) is 0 Å². The number of carbonyl (C=O) groups is 1. The maximum absolute atomic E-state index is 12.5. The van der Waals surface area contributed by atoms with Crippen molar-refractivity contribution in [3.05, 3.63) is 75.8 Å². The smallest absolute Gasteiger partial charge is 0.193 e. The number of hydrogen-bond donors (Lipinski definition) is 0. The molecule has 0 spiro atoms. The Bertz CT molecular complexity index is 656. The molecular formula is C16H11ClO. The van der Waals surface area contributed by atoms with Gasteiger partial charge in [0, 0.05) is 22.6 Å². The van der Waals surface area contributed by atoms with E-state index in [2.05, 4.69) is 0 Å². The van der Waals surface area contributed by atoms with Gasteiger partial charge < -0.3 is 0 Å². The fourth-order valence-electron chi connectivity index (χ4n) is 2.27. The zero-order valence-electron chi connectivity index (χ0n) is 9.69. The molecule has 88 valence electrons. The highest BCUT2D eigenvalue weighted by Gasteiger charge is 2.18. The Hall–Kier alpha value is -1.86. The summed E-state index contributed by atoms with van der Waals surface area (Å²) in [6, 6.07) is 15.2. The van der Waals surface area contributed by atoms with Crippen molar-refractivity contribution >= 4 is 23.5 Å². The van der Waals surface area contributed by atoms with Crippen molar-refractivity contribution in [2.24, 2.45) is 0 Å². The average Bonchev–Trinajstić information content (AvgIpc) is 2.38. The van der Waals surface area contributed by atoms with Crippen LogP contribution in [-0.4, -0.2) is 5.78 Å². The number of carbonyl (C=O) groups excluding carboxylic acids is 1. The molecule has 1 nitrogen and oxygen atoms in total. The first-order valence-corrected chi connectivity index (χ1v) is 6.21. The van der Waals surface area contributed by atoms with E-state index in [1.807, 2.05) is 54.6 Å². The summed E-state index contributed by atoms with van der Waals surface area (Å²) in [5.74, 6) is 0.0709. The highest BCUT2D eigenvalue weighted by atomic mass is 35.5. The van der Waals surface area contributed by atoms with Crippen molar-refractivity contribution in [3.63, 3.8) is 0 Å². The molecule has 2 aromatic rings. The molecule has 0 fully saturated rings. The second-order valence-corrected chi connectivity index (χ2v) is 4.83. The zero-order valence-corrected chi connectivity index (χ0v) is 10.4. The normalized spacial score (nSPS) is 14.1. The first-order chi connectivity index (χ1) is 8.75. The molecule has 0 heterocycles. The molecule has 0 atom stereocenters. The minimum absolute atomic E-state index is 0.0709. The molecule has 0 unspecified atom stereocenters. The van der Waals surface area contributed by atoms with E-state index in [9.17, 15) is 4.79 Å². The lowest BCUT2D eigenvalue weighted by molar-refractivity contribution is 0.103. The van der Waals surface area contributed by atoms with Gasteiger partial charge in [0.25, 0.3) is 0 Å². The molecule has 3 rings (SSSR count). The van der Waals surface area contributed by atoms with Gasteiger partial charge in [0.05, 0.1) is 0 Å². The quantitative estimate of drug-likeness (QED) is 0.693. The van der Waals surface area contributed by atoms with Gasteiger partial charge in [-0.2, -0.15) is 0 Å². The van der Waals surface area contributed by atoms with Crippen molar-refractivity contribution in [3.8, 4) is 0 Å². The molecule has 18 heavy (non-hydrogen) atoms. The minimum Gasteiger partial charge on any atom is -0.289 e. The van der Waals surface area contributed by atoms with Crippen LogP contribution in [0.2, 0.25) is 0 Å². The summed E-state index contributed by atoms with van der Waals surface area (Å²) in [4.78, 5) is 12.5. The Morgan fingerprint density at radius 2 is 1.56 bits per heavy atom. The molecule has 0 aromatic heterocycles. The lowest BCUT2D eigenvalue weighted by atomic mass is 9.91. The van der Waals surface area contributed by atoms with Gasteiger partial charge in [-0.15, -0.1) is 0 Å². The van der Waals surface area contributed by atoms with Gasteiger partial charge in [0.2, 0.25) is 0 Å². The molecule has 0 bridgehead atoms. The summed E-state index contributed by atoms with van der Waals surface area (Å²) < 4.78 is 0. The number of benzene rings is 2. The zero-order chi connectivity index (χ0) is 12.5. The summed E-state index contributed by atoms with van der Waals surface area (Å²) in [7, 11) is 0. The Morgan fingerprint density at radius 3 is 2.39 bits per heavy atom. The second kappa shape index (κ2) is 4.43. The van der Waals surface area contributed by atoms with E-state index in [-0.39, 0.29) is 5.78 Å². The number of hydrogen-bond acceptors (Lipinski definition) is 1. The first-order valence-electron chi connectivity index (χ1n) is 5.83. The van der Waals surface area contributed by atoms with Crippen LogP contribution in [-0.2, 0) is 6.42 Å². The fourth-order valence-corrected chi connectivity index (χ4v) is 2.53. The van der Waals surface area contributed by atoms with E-state index in [1.165, 1.54) is 0 Å². The molecule has 0 aliphatic heterocycles. The van der Waals surface area contributed by atoms with E-state index in [4.69, 9.17) is 11.6 Å². The minimum atomic E-state index is 0.0709. The topological polar surface area (TPSA) is 17.1 Å². The largest absolute Gasteiger partial charge is 0.289 e. The Balaban J connectivity index is 2.28. The van der Waals surface area contributed by atoms with Crippen LogP contribution in [0.15, 0.2) is 53.6 Å². The molecule has 0 N–H and O–H groups in total. The van der Waals surface area contributed by atoms with Crippen molar-refractivity contribution in [1.29, 1.82) is 0 Å². The molecule has 0 radical (unpaired) electrons. The summed E-state index contributed by atoms with van der Waals surface area (Å²) in [5, 5.41) is 0.752. The summed E-state index contributed by atoms with van der Waals surface area (Å²) in [6.45, 7) is 0. The van der Waals surface area contributed by atoms with E-state index >= 15 is 0 Å². The highest BCUT2D eigenvalue weighted by molar-refractivity contribution is 6.32. The third kappa shape index (κ3) is 1.87. The van der Waals surface area contributed by atoms with E-state index in [0.717, 1.165) is 21.7 Å². The maximum atomic E-state index is 12.5. The first kappa shape index (κ1) is 11.2. The van der Waals surface area contributed by atoms with Gasteiger partial charge in [-0.3, -0.25) is 4.79 Å². The van der Waals surface area contributed by atoms with Crippen LogP contribution in [0.1, 0.15) is 27.0 Å². The number of allylic oxidation sites excluding steroid dienone is 1. The predicted octanol–water partition coefficient (Wildman–Crippen LogP) is 4.05. The molecule has 1 aliphatic carbocycles. The lowest BCUT2D eigenvalue weighted by Gasteiger charge is -2.13. The van der Waals surface area contributed by atoms with E-state index in [1.54, 1.807) is 0 Å². The Kier molecular flexibility index (Phi) is 2.77. The van der Waals surface area contributed by atoms with Crippen LogP contribution in [0.3, 0.4) is 0 Å². The maximum Gasteiger partial charge on any atom is 0.193 e. The van der Waals surface area contributed by atoms with Crippen molar-refractivity contribution in [2.45, 2.75) is 6.42 Å². The van der Waals surface area contributed by atoms with E-state index < -0.39 is 0 Å². The number of ketones is 1. The fraction of sp³-hybridized carbons (Fsp3) is 0.0625. The summed E-state index contributed by atoms with van der Waals surface area (Å²) in [5.41, 5.74) is 3.33.